The molecule has 0 aliphatic heterocycles. The molecular formula is C19H19FO3. The second-order valence-corrected chi connectivity index (χ2v) is 4.78. The van der Waals surface area contributed by atoms with Gasteiger partial charge in [-0.1, -0.05) is 18.2 Å². The number of ketones is 1. The number of ether oxygens (including phenoxy) is 2. The van der Waals surface area contributed by atoms with E-state index in [0.29, 0.717) is 30.3 Å². The lowest BCUT2D eigenvalue weighted by Gasteiger charge is -2.11. The third-order valence-electron chi connectivity index (χ3n) is 3.13. The number of carbonyl (C=O) groups excluding carboxylic acids is 1. The van der Waals surface area contributed by atoms with Crippen LogP contribution >= 0.6 is 0 Å². The van der Waals surface area contributed by atoms with Gasteiger partial charge in [-0.2, -0.15) is 0 Å². The fraction of sp³-hybridized carbons (Fsp3) is 0.211. The third kappa shape index (κ3) is 4.68. The monoisotopic (exact) mass is 314 g/mol. The second-order valence-electron chi connectivity index (χ2n) is 4.78. The number of halogens is 1. The number of hydrogen-bond donors (Lipinski definition) is 0. The lowest BCUT2D eigenvalue weighted by atomic mass is 10.1. The largest absolute Gasteiger partial charge is 0.490 e. The standard InChI is InChI=1S/C19H19FO3/c1-3-22-18-12-8-15(13-19(18)23-4-2)17(21)11-7-14-5-9-16(20)10-6-14/h5-13H,3-4H2,1-2H3. The van der Waals surface area contributed by atoms with Crippen LogP contribution in [-0.2, 0) is 0 Å². The lowest BCUT2D eigenvalue weighted by molar-refractivity contribution is 0.104. The summed E-state index contributed by atoms with van der Waals surface area (Å²) in [5.74, 6) is 0.712. The zero-order valence-electron chi connectivity index (χ0n) is 13.2. The maximum atomic E-state index is 12.9. The number of carbonyl (C=O) groups is 1. The average molecular weight is 314 g/mol. The summed E-state index contributed by atoms with van der Waals surface area (Å²) in [5, 5.41) is 0. The maximum Gasteiger partial charge on any atom is 0.185 e. The van der Waals surface area contributed by atoms with Crippen LogP contribution < -0.4 is 9.47 Å². The van der Waals surface area contributed by atoms with E-state index in [1.54, 1.807) is 36.4 Å². The Kier molecular flexibility index (Phi) is 5.92. The van der Waals surface area contributed by atoms with Crippen LogP contribution in [0.2, 0.25) is 0 Å². The van der Waals surface area contributed by atoms with Crippen molar-refractivity contribution in [3.8, 4) is 11.5 Å². The van der Waals surface area contributed by atoms with Gasteiger partial charge in [0.05, 0.1) is 13.2 Å². The Balaban J connectivity index is 2.18. The Bertz CT molecular complexity index is 690. The number of allylic oxidation sites excluding steroid dienone is 1. The van der Waals surface area contributed by atoms with Gasteiger partial charge in [-0.15, -0.1) is 0 Å². The molecule has 0 saturated carbocycles. The van der Waals surface area contributed by atoms with Crippen LogP contribution in [0.1, 0.15) is 29.8 Å². The summed E-state index contributed by atoms with van der Waals surface area (Å²) in [6.07, 6.45) is 3.11. The Morgan fingerprint density at radius 1 is 1.00 bits per heavy atom. The highest BCUT2D eigenvalue weighted by molar-refractivity contribution is 6.07. The SMILES string of the molecule is CCOc1ccc(C(=O)C=Cc2ccc(F)cc2)cc1OCC. The predicted octanol–water partition coefficient (Wildman–Crippen LogP) is 4.52. The van der Waals surface area contributed by atoms with E-state index < -0.39 is 0 Å². The average Bonchev–Trinajstić information content (AvgIpc) is 2.56. The summed E-state index contributed by atoms with van der Waals surface area (Å²) in [4.78, 5) is 12.3. The van der Waals surface area contributed by atoms with Gasteiger partial charge < -0.3 is 9.47 Å². The van der Waals surface area contributed by atoms with Crippen molar-refractivity contribution < 1.29 is 18.7 Å². The summed E-state index contributed by atoms with van der Waals surface area (Å²) >= 11 is 0. The first kappa shape index (κ1) is 16.7. The Morgan fingerprint density at radius 2 is 1.65 bits per heavy atom. The van der Waals surface area contributed by atoms with E-state index in [0.717, 1.165) is 5.56 Å². The van der Waals surface area contributed by atoms with Crippen LogP contribution in [0.15, 0.2) is 48.5 Å². The summed E-state index contributed by atoms with van der Waals surface area (Å²) in [6.45, 7) is 4.78. The van der Waals surface area contributed by atoms with Gasteiger partial charge in [-0.05, 0) is 55.8 Å². The van der Waals surface area contributed by atoms with Crippen molar-refractivity contribution in [2.75, 3.05) is 13.2 Å². The Hall–Kier alpha value is -2.62. The van der Waals surface area contributed by atoms with E-state index in [1.165, 1.54) is 18.2 Å². The highest BCUT2D eigenvalue weighted by atomic mass is 19.1. The molecule has 4 heteroatoms. The van der Waals surface area contributed by atoms with Crippen molar-refractivity contribution in [1.82, 2.24) is 0 Å². The first-order valence-electron chi connectivity index (χ1n) is 7.51. The fourth-order valence-corrected chi connectivity index (χ4v) is 2.05. The molecule has 0 fully saturated rings. The molecule has 3 nitrogen and oxygen atoms in total. The molecule has 2 rings (SSSR count). The molecule has 0 bridgehead atoms. The van der Waals surface area contributed by atoms with Crippen LogP contribution in [0.5, 0.6) is 11.5 Å². The zero-order valence-corrected chi connectivity index (χ0v) is 13.2. The Labute approximate surface area is 135 Å². The van der Waals surface area contributed by atoms with Gasteiger partial charge in [0.25, 0.3) is 0 Å². The molecule has 0 N–H and O–H groups in total. The molecule has 0 aromatic heterocycles. The molecular weight excluding hydrogens is 295 g/mol. The van der Waals surface area contributed by atoms with Crippen LogP contribution in [0, 0.1) is 5.82 Å². The van der Waals surface area contributed by atoms with Crippen LogP contribution in [0.25, 0.3) is 6.08 Å². The minimum absolute atomic E-state index is 0.154. The first-order valence-corrected chi connectivity index (χ1v) is 7.51. The highest BCUT2D eigenvalue weighted by Gasteiger charge is 2.09. The summed E-state index contributed by atoms with van der Waals surface area (Å²) in [5.41, 5.74) is 1.27. The summed E-state index contributed by atoms with van der Waals surface area (Å²) < 4.78 is 23.8. The quantitative estimate of drug-likeness (QED) is 0.557. The molecule has 0 unspecified atom stereocenters. The first-order chi connectivity index (χ1) is 11.1. The second kappa shape index (κ2) is 8.13. The molecule has 120 valence electrons. The molecule has 0 amide bonds. The van der Waals surface area contributed by atoms with E-state index in [9.17, 15) is 9.18 Å². The summed E-state index contributed by atoms with van der Waals surface area (Å²) in [6, 6.07) is 11.0. The van der Waals surface area contributed by atoms with Gasteiger partial charge in [-0.25, -0.2) is 4.39 Å². The van der Waals surface area contributed by atoms with Crippen LogP contribution in [0.4, 0.5) is 4.39 Å². The topological polar surface area (TPSA) is 35.5 Å². The van der Waals surface area contributed by atoms with E-state index in [-0.39, 0.29) is 11.6 Å². The number of benzene rings is 2. The van der Waals surface area contributed by atoms with Gasteiger partial charge in [0.1, 0.15) is 5.82 Å². The molecule has 0 saturated heterocycles. The van der Waals surface area contributed by atoms with E-state index in [4.69, 9.17) is 9.47 Å². The van der Waals surface area contributed by atoms with E-state index >= 15 is 0 Å². The molecule has 0 aliphatic rings. The molecule has 0 spiro atoms. The van der Waals surface area contributed by atoms with Crippen molar-refractivity contribution in [1.29, 1.82) is 0 Å². The van der Waals surface area contributed by atoms with Crippen molar-refractivity contribution >= 4 is 11.9 Å². The van der Waals surface area contributed by atoms with Crippen LogP contribution in [0.3, 0.4) is 0 Å². The molecule has 2 aromatic carbocycles. The number of rotatable bonds is 7. The third-order valence-corrected chi connectivity index (χ3v) is 3.13. The fourth-order valence-electron chi connectivity index (χ4n) is 2.05. The van der Waals surface area contributed by atoms with Crippen molar-refractivity contribution in [3.63, 3.8) is 0 Å². The minimum Gasteiger partial charge on any atom is -0.490 e. The summed E-state index contributed by atoms with van der Waals surface area (Å²) in [7, 11) is 0. The Morgan fingerprint density at radius 3 is 2.30 bits per heavy atom. The highest BCUT2D eigenvalue weighted by Crippen LogP contribution is 2.28. The van der Waals surface area contributed by atoms with Gasteiger partial charge in [0, 0.05) is 5.56 Å². The molecule has 0 aliphatic carbocycles. The van der Waals surface area contributed by atoms with Crippen molar-refractivity contribution in [2.24, 2.45) is 0 Å². The maximum absolute atomic E-state index is 12.9. The molecule has 0 heterocycles. The van der Waals surface area contributed by atoms with Crippen LogP contribution in [-0.4, -0.2) is 19.0 Å². The van der Waals surface area contributed by atoms with Crippen molar-refractivity contribution in [3.05, 3.63) is 65.5 Å². The smallest absolute Gasteiger partial charge is 0.185 e. The van der Waals surface area contributed by atoms with E-state index in [2.05, 4.69) is 0 Å². The number of hydrogen-bond acceptors (Lipinski definition) is 3. The van der Waals surface area contributed by atoms with Gasteiger partial charge in [0.2, 0.25) is 0 Å². The minimum atomic E-state index is -0.304. The molecule has 2 aromatic rings. The molecule has 0 radical (unpaired) electrons. The lowest BCUT2D eigenvalue weighted by Crippen LogP contribution is -2.01. The molecule has 23 heavy (non-hydrogen) atoms. The van der Waals surface area contributed by atoms with Crippen molar-refractivity contribution in [2.45, 2.75) is 13.8 Å². The predicted molar refractivity (Wildman–Crippen MR) is 88.5 cm³/mol. The molecule has 0 atom stereocenters. The van der Waals surface area contributed by atoms with Gasteiger partial charge >= 0.3 is 0 Å². The van der Waals surface area contributed by atoms with Gasteiger partial charge in [-0.3, -0.25) is 4.79 Å². The zero-order chi connectivity index (χ0) is 16.7. The van der Waals surface area contributed by atoms with Gasteiger partial charge in [0.15, 0.2) is 17.3 Å². The van der Waals surface area contributed by atoms with E-state index in [1.807, 2.05) is 13.8 Å². The normalized spacial score (nSPS) is 10.7.